The van der Waals surface area contributed by atoms with E-state index in [0.717, 1.165) is 11.6 Å². The maximum atomic E-state index is 15.1. The van der Waals surface area contributed by atoms with Crippen molar-refractivity contribution in [3.05, 3.63) is 101 Å². The summed E-state index contributed by atoms with van der Waals surface area (Å²) in [5.41, 5.74) is 2.55. The number of rotatable bonds is 9. The number of hydrogen-bond donors (Lipinski definition) is 1. The molecule has 1 saturated heterocycles. The van der Waals surface area contributed by atoms with Crippen LogP contribution in [0.25, 0.3) is 5.57 Å². The Bertz CT molecular complexity index is 1420. The molecular formula is C32H36ClFN4O3. The van der Waals surface area contributed by atoms with Crippen LogP contribution in [0.1, 0.15) is 43.4 Å². The highest BCUT2D eigenvalue weighted by molar-refractivity contribution is 6.33. The minimum absolute atomic E-state index is 0.0967. The fourth-order valence-corrected chi connectivity index (χ4v) is 5.16. The van der Waals surface area contributed by atoms with Crippen molar-refractivity contribution in [3.8, 4) is 0 Å². The molecule has 1 heterocycles. The summed E-state index contributed by atoms with van der Waals surface area (Å²) in [5.74, 6) is -0.584. The van der Waals surface area contributed by atoms with Gasteiger partial charge in [-0.25, -0.2) is 4.39 Å². The third-order valence-electron chi connectivity index (χ3n) is 7.00. The van der Waals surface area contributed by atoms with Gasteiger partial charge in [0.2, 0.25) is 12.3 Å². The predicted molar refractivity (Wildman–Crippen MR) is 166 cm³/mol. The Hall–Kier alpha value is -4.17. The number of carbonyl (C=O) groups excluding carboxylic acids is 2. The second-order valence-corrected chi connectivity index (χ2v) is 10.1. The zero-order chi connectivity index (χ0) is 30.3. The lowest BCUT2D eigenvalue weighted by molar-refractivity contribution is -0.127. The van der Waals surface area contributed by atoms with Gasteiger partial charge in [-0.2, -0.15) is 0 Å². The molecule has 0 radical (unpaired) electrons. The Morgan fingerprint density at radius 1 is 1.07 bits per heavy atom. The summed E-state index contributed by atoms with van der Waals surface area (Å²) in [6.07, 6.45) is 4.35. The summed E-state index contributed by atoms with van der Waals surface area (Å²) in [4.78, 5) is 34.8. The summed E-state index contributed by atoms with van der Waals surface area (Å²) < 4.78 is 15.1. The van der Waals surface area contributed by atoms with E-state index in [0.29, 0.717) is 55.4 Å². The van der Waals surface area contributed by atoms with Crippen LogP contribution >= 0.6 is 11.6 Å². The van der Waals surface area contributed by atoms with Crippen molar-refractivity contribution in [1.82, 2.24) is 9.80 Å². The molecule has 2 aromatic carbocycles. The van der Waals surface area contributed by atoms with E-state index in [-0.39, 0.29) is 28.0 Å². The standard InChI is InChI=1S/C32H36ClFN4O3/c1-7-26(34)31(29(40)8-2)23-19-28(38(20-39)27-13-11-10-12-22(27)21(4)5)24(18-25(23)33)32(35-6)37-16-14-36(15-17-37)30(41)9-3/h7-13,18-21,40H,2-3,14-17H2,1,4-6H3/b26-7+,31-29+,35-32?. The number of piperazine rings is 1. The van der Waals surface area contributed by atoms with Crippen LogP contribution in [-0.4, -0.2) is 66.3 Å². The van der Waals surface area contributed by atoms with Crippen molar-refractivity contribution in [2.24, 2.45) is 4.99 Å². The molecule has 1 aliphatic rings. The fourth-order valence-electron chi connectivity index (χ4n) is 4.91. The molecule has 1 N–H and O–H groups in total. The van der Waals surface area contributed by atoms with E-state index < -0.39 is 11.6 Å². The molecule has 0 atom stereocenters. The monoisotopic (exact) mass is 578 g/mol. The zero-order valence-corrected chi connectivity index (χ0v) is 24.7. The molecule has 3 rings (SSSR count). The quantitative estimate of drug-likeness (QED) is 0.0887. The number of anilines is 2. The van der Waals surface area contributed by atoms with Crippen LogP contribution in [0.2, 0.25) is 5.02 Å². The summed E-state index contributed by atoms with van der Waals surface area (Å²) >= 11 is 6.78. The topological polar surface area (TPSA) is 76.5 Å². The molecular weight excluding hydrogens is 543 g/mol. The maximum absolute atomic E-state index is 15.1. The van der Waals surface area contributed by atoms with Gasteiger partial charge in [0.05, 0.1) is 16.9 Å². The molecule has 2 aromatic rings. The largest absolute Gasteiger partial charge is 0.507 e. The predicted octanol–water partition coefficient (Wildman–Crippen LogP) is 6.79. The number of amidine groups is 1. The lowest BCUT2D eigenvalue weighted by Gasteiger charge is -2.37. The average molecular weight is 579 g/mol. The molecule has 2 amide bonds. The van der Waals surface area contributed by atoms with E-state index >= 15 is 4.39 Å². The SMILES string of the molecule is C=CC(=O)N1CCN(C(=NC)c2cc(Cl)c(C(/C(F)=C\C)=C(\O)C=C)cc2N(C=O)c2ccccc2C(C)C)CC1. The first-order valence-corrected chi connectivity index (χ1v) is 13.7. The summed E-state index contributed by atoms with van der Waals surface area (Å²) in [7, 11) is 1.64. The molecule has 41 heavy (non-hydrogen) atoms. The van der Waals surface area contributed by atoms with Crippen molar-refractivity contribution >= 4 is 46.7 Å². The normalized spacial score (nSPS) is 15.0. The number of aliphatic hydroxyl groups excluding tert-OH is 1. The van der Waals surface area contributed by atoms with Gasteiger partial charge in [-0.3, -0.25) is 19.5 Å². The van der Waals surface area contributed by atoms with Crippen LogP contribution in [0.15, 0.2) is 84.4 Å². The van der Waals surface area contributed by atoms with Crippen LogP contribution in [-0.2, 0) is 9.59 Å². The first kappa shape index (κ1) is 31.4. The van der Waals surface area contributed by atoms with Crippen molar-refractivity contribution < 1.29 is 19.1 Å². The van der Waals surface area contributed by atoms with Crippen molar-refractivity contribution in [2.45, 2.75) is 26.7 Å². The van der Waals surface area contributed by atoms with Gasteiger partial charge in [-0.05, 0) is 48.8 Å². The number of halogens is 2. The number of amides is 2. The summed E-state index contributed by atoms with van der Waals surface area (Å²) in [5, 5.41) is 10.8. The lowest BCUT2D eigenvalue weighted by atomic mass is 9.96. The van der Waals surface area contributed by atoms with Crippen LogP contribution in [0.3, 0.4) is 0 Å². The molecule has 1 aliphatic heterocycles. The van der Waals surface area contributed by atoms with Gasteiger partial charge in [0.15, 0.2) is 0 Å². The molecule has 1 fully saturated rings. The number of hydrogen-bond acceptors (Lipinski definition) is 4. The number of carbonyl (C=O) groups is 2. The molecule has 9 heteroatoms. The molecule has 0 unspecified atom stereocenters. The molecule has 216 valence electrons. The molecule has 0 aromatic heterocycles. The van der Waals surface area contributed by atoms with Crippen LogP contribution in [0.5, 0.6) is 0 Å². The Kier molecular flexibility index (Phi) is 10.7. The van der Waals surface area contributed by atoms with Crippen LogP contribution in [0.4, 0.5) is 15.8 Å². The maximum Gasteiger partial charge on any atom is 0.246 e. The highest BCUT2D eigenvalue weighted by Crippen LogP contribution is 2.41. The number of benzene rings is 2. The van der Waals surface area contributed by atoms with Gasteiger partial charge in [0.1, 0.15) is 17.4 Å². The van der Waals surface area contributed by atoms with Gasteiger partial charge < -0.3 is 14.9 Å². The second-order valence-electron chi connectivity index (χ2n) is 9.70. The van der Waals surface area contributed by atoms with E-state index in [1.54, 1.807) is 24.1 Å². The third-order valence-corrected chi connectivity index (χ3v) is 7.31. The average Bonchev–Trinajstić information content (AvgIpc) is 2.99. The van der Waals surface area contributed by atoms with Gasteiger partial charge in [0, 0.05) is 49.4 Å². The van der Waals surface area contributed by atoms with E-state index in [1.165, 1.54) is 24.0 Å². The number of nitrogens with zero attached hydrogens (tertiary/aromatic N) is 4. The van der Waals surface area contributed by atoms with E-state index in [1.807, 2.05) is 43.0 Å². The molecule has 0 spiro atoms. The molecule has 0 saturated carbocycles. The Balaban J connectivity index is 2.31. The smallest absolute Gasteiger partial charge is 0.246 e. The Morgan fingerprint density at radius 3 is 2.24 bits per heavy atom. The summed E-state index contributed by atoms with van der Waals surface area (Å²) in [6.45, 7) is 14.6. The molecule has 0 bridgehead atoms. The highest BCUT2D eigenvalue weighted by Gasteiger charge is 2.28. The van der Waals surface area contributed by atoms with E-state index in [9.17, 15) is 14.7 Å². The Labute approximate surface area is 246 Å². The van der Waals surface area contributed by atoms with Crippen LogP contribution < -0.4 is 4.90 Å². The van der Waals surface area contributed by atoms with Crippen molar-refractivity contribution in [2.75, 3.05) is 38.1 Å². The first-order valence-electron chi connectivity index (χ1n) is 13.3. The number of aliphatic imine (C=N–C) groups is 1. The van der Waals surface area contributed by atoms with Crippen molar-refractivity contribution in [3.63, 3.8) is 0 Å². The summed E-state index contributed by atoms with van der Waals surface area (Å²) in [6, 6.07) is 10.8. The third kappa shape index (κ3) is 6.60. The van der Waals surface area contributed by atoms with Crippen LogP contribution in [0, 0.1) is 0 Å². The number of para-hydroxylation sites is 1. The molecule has 7 nitrogen and oxygen atoms in total. The van der Waals surface area contributed by atoms with E-state index in [4.69, 9.17) is 11.6 Å². The van der Waals surface area contributed by atoms with Gasteiger partial charge in [0.25, 0.3) is 0 Å². The first-order chi connectivity index (χ1) is 19.6. The van der Waals surface area contributed by atoms with Gasteiger partial charge >= 0.3 is 0 Å². The number of aliphatic hydroxyl groups is 1. The Morgan fingerprint density at radius 2 is 1.71 bits per heavy atom. The second kappa shape index (κ2) is 13.9. The number of allylic oxidation sites excluding steroid dienone is 4. The van der Waals surface area contributed by atoms with Gasteiger partial charge in [-0.1, -0.05) is 62.9 Å². The fraction of sp³-hybridized carbons (Fsp3) is 0.281. The lowest BCUT2D eigenvalue weighted by Crippen LogP contribution is -2.50. The highest BCUT2D eigenvalue weighted by atomic mass is 35.5. The zero-order valence-electron chi connectivity index (χ0n) is 23.9. The minimum atomic E-state index is -0.698. The van der Waals surface area contributed by atoms with E-state index in [2.05, 4.69) is 18.2 Å². The minimum Gasteiger partial charge on any atom is -0.507 e. The van der Waals surface area contributed by atoms with Gasteiger partial charge in [-0.15, -0.1) is 0 Å². The molecule has 0 aliphatic carbocycles. The van der Waals surface area contributed by atoms with Crippen molar-refractivity contribution in [1.29, 1.82) is 0 Å².